The number of hydrogen-bond acceptors (Lipinski definition) is 8. The summed E-state index contributed by atoms with van der Waals surface area (Å²) < 4.78 is 34.2. The number of carbonyl (C=O) groups excluding carboxylic acids is 1. The van der Waals surface area contributed by atoms with Crippen LogP contribution in [0.25, 0.3) is 10.2 Å². The number of sulfonamides is 1. The monoisotopic (exact) mass is 486 g/mol. The summed E-state index contributed by atoms with van der Waals surface area (Å²) >= 11 is 1.44. The van der Waals surface area contributed by atoms with Crippen LogP contribution in [0.5, 0.6) is 0 Å². The Hall–Kier alpha value is -3.05. The van der Waals surface area contributed by atoms with Gasteiger partial charge in [0.15, 0.2) is 5.84 Å². The summed E-state index contributed by atoms with van der Waals surface area (Å²) in [7, 11) is -3.72. The summed E-state index contributed by atoms with van der Waals surface area (Å²) in [5, 5.41) is 0.572. The average Bonchev–Trinajstić information content (AvgIpc) is 3.25. The Morgan fingerprint density at radius 1 is 1.30 bits per heavy atom. The van der Waals surface area contributed by atoms with E-state index in [1.54, 1.807) is 18.2 Å². The molecule has 0 amide bonds. The summed E-state index contributed by atoms with van der Waals surface area (Å²) in [6, 6.07) is 6.71. The van der Waals surface area contributed by atoms with Gasteiger partial charge >= 0.3 is 5.97 Å². The van der Waals surface area contributed by atoms with Crippen molar-refractivity contribution in [3.63, 3.8) is 0 Å². The first kappa shape index (κ1) is 21.8. The molecule has 1 atom stereocenters. The van der Waals surface area contributed by atoms with Gasteiger partial charge in [-0.25, -0.2) is 4.98 Å². The number of carbonyl (C=O) groups is 1. The minimum Gasteiger partial charge on any atom is -0.457 e. The number of aryl methyl sites for hydroxylation is 2. The van der Waals surface area contributed by atoms with Crippen molar-refractivity contribution in [1.82, 2.24) is 14.9 Å². The van der Waals surface area contributed by atoms with Crippen LogP contribution in [0.15, 0.2) is 38.4 Å². The molecule has 1 aromatic carbocycles. The van der Waals surface area contributed by atoms with E-state index in [9.17, 15) is 18.0 Å². The van der Waals surface area contributed by atoms with Crippen LogP contribution in [0.4, 0.5) is 0 Å². The predicted octanol–water partition coefficient (Wildman–Crippen LogP) is 2.51. The van der Waals surface area contributed by atoms with Gasteiger partial charge in [0.1, 0.15) is 22.2 Å². The summed E-state index contributed by atoms with van der Waals surface area (Å²) in [4.78, 5) is 36.0. The molecule has 2 aliphatic heterocycles. The van der Waals surface area contributed by atoms with Crippen molar-refractivity contribution in [2.45, 2.75) is 38.2 Å². The Labute approximate surface area is 194 Å². The average molecular weight is 487 g/mol. The molecule has 4 heterocycles. The number of nitrogens with one attached hydrogen (secondary N) is 1. The number of amidine groups is 1. The first-order valence-corrected chi connectivity index (χ1v) is 12.8. The van der Waals surface area contributed by atoms with E-state index in [-0.39, 0.29) is 17.1 Å². The molecule has 5 rings (SSSR count). The molecule has 0 unspecified atom stereocenters. The molecular weight excluding hydrogens is 464 g/mol. The van der Waals surface area contributed by atoms with Crippen LogP contribution < -0.4 is 5.56 Å². The largest absolute Gasteiger partial charge is 0.457 e. The Kier molecular flexibility index (Phi) is 5.32. The molecule has 0 spiro atoms. The second-order valence-electron chi connectivity index (χ2n) is 8.26. The van der Waals surface area contributed by atoms with Crippen LogP contribution in [0.3, 0.4) is 0 Å². The topological polar surface area (TPSA) is 122 Å². The molecule has 172 valence electrons. The third-order valence-corrected chi connectivity index (χ3v) is 8.53. The molecule has 0 saturated carbocycles. The van der Waals surface area contributed by atoms with Crippen molar-refractivity contribution in [1.29, 1.82) is 0 Å². The molecule has 0 bridgehead atoms. The van der Waals surface area contributed by atoms with Gasteiger partial charge in [-0.2, -0.15) is 8.42 Å². The van der Waals surface area contributed by atoms with Gasteiger partial charge in [-0.05, 0) is 44.4 Å². The molecule has 11 heteroatoms. The van der Waals surface area contributed by atoms with E-state index in [1.165, 1.54) is 17.4 Å². The van der Waals surface area contributed by atoms with Gasteiger partial charge in [0.05, 0.1) is 11.3 Å². The summed E-state index contributed by atoms with van der Waals surface area (Å²) in [6.07, 6.45) is 1.33. The lowest BCUT2D eigenvalue weighted by Gasteiger charge is -2.32. The normalized spacial score (nSPS) is 19.4. The van der Waals surface area contributed by atoms with Crippen LogP contribution in [0.1, 0.15) is 34.7 Å². The highest BCUT2D eigenvalue weighted by Crippen LogP contribution is 2.30. The zero-order chi connectivity index (χ0) is 23.3. The second kappa shape index (κ2) is 8.07. The zero-order valence-electron chi connectivity index (χ0n) is 18.1. The van der Waals surface area contributed by atoms with Crippen LogP contribution in [0.2, 0.25) is 0 Å². The maximum absolute atomic E-state index is 12.8. The molecule has 1 saturated heterocycles. The Morgan fingerprint density at radius 3 is 2.91 bits per heavy atom. The third kappa shape index (κ3) is 3.84. The lowest BCUT2D eigenvalue weighted by atomic mass is 9.97. The summed E-state index contributed by atoms with van der Waals surface area (Å²) in [5.41, 5.74) is 1.23. The van der Waals surface area contributed by atoms with E-state index in [2.05, 4.69) is 14.4 Å². The minimum absolute atomic E-state index is 0.130. The van der Waals surface area contributed by atoms with Gasteiger partial charge < -0.3 is 14.6 Å². The van der Waals surface area contributed by atoms with E-state index >= 15 is 0 Å². The molecule has 1 N–H and O–H groups in total. The number of H-pyrrole nitrogens is 1. The van der Waals surface area contributed by atoms with Crippen LogP contribution >= 0.6 is 11.3 Å². The number of rotatable bonds is 3. The second-order valence-corrected chi connectivity index (χ2v) is 11.0. The number of esters is 1. The minimum atomic E-state index is -3.72. The third-order valence-electron chi connectivity index (χ3n) is 6.11. The predicted molar refractivity (Wildman–Crippen MR) is 124 cm³/mol. The number of hydrogen-bond donors (Lipinski definition) is 1. The quantitative estimate of drug-likeness (QED) is 0.565. The first-order chi connectivity index (χ1) is 15.7. The number of ether oxygens (including phenoxy) is 1. The lowest BCUT2D eigenvalue weighted by molar-refractivity contribution is -0.151. The van der Waals surface area contributed by atoms with E-state index in [1.807, 2.05) is 18.7 Å². The molecule has 2 aromatic heterocycles. The van der Waals surface area contributed by atoms with Gasteiger partial charge in [0, 0.05) is 23.5 Å². The number of aromatic amines is 1. The standard InChI is InChI=1S/C22H22N4O5S2/c1-12-13(2)32-21-18(12)20(27)23-17(24-21)11-31-22(28)14-6-5-9-26(10-14)19-15-7-3-4-8-16(15)33(29,30)25-19/h3-4,7-8,14H,5-6,9-11H2,1-2H3,(H,23,24,27)/t14-/m1/s1. The molecule has 2 aliphatic rings. The van der Waals surface area contributed by atoms with Crippen molar-refractivity contribution in [2.75, 3.05) is 13.1 Å². The van der Waals surface area contributed by atoms with Crippen LogP contribution in [0, 0.1) is 19.8 Å². The SMILES string of the molecule is Cc1sc2nc(COC(=O)[C@@H]3CCCN(C4=NS(=O)(=O)c5ccccc54)C3)[nH]c(=O)c2c1C. The number of fused-ring (bicyclic) bond motifs is 2. The molecule has 1 fully saturated rings. The van der Waals surface area contributed by atoms with Crippen molar-refractivity contribution in [3.8, 4) is 0 Å². The number of benzene rings is 1. The van der Waals surface area contributed by atoms with Crippen molar-refractivity contribution >= 4 is 43.4 Å². The summed E-state index contributed by atoms with van der Waals surface area (Å²) in [6.45, 7) is 4.61. The number of nitrogens with zero attached hydrogens (tertiary/aromatic N) is 3. The van der Waals surface area contributed by atoms with Gasteiger partial charge in [0.25, 0.3) is 15.6 Å². The number of likely N-dealkylation sites (tertiary alicyclic amines) is 1. The number of piperidine rings is 1. The molecule has 9 nitrogen and oxygen atoms in total. The molecule has 0 radical (unpaired) electrons. The zero-order valence-corrected chi connectivity index (χ0v) is 19.8. The fourth-order valence-electron chi connectivity index (χ4n) is 4.30. The van der Waals surface area contributed by atoms with E-state index in [0.29, 0.717) is 53.4 Å². The molecular formula is C22H22N4O5S2. The maximum Gasteiger partial charge on any atom is 0.311 e. The van der Waals surface area contributed by atoms with E-state index in [4.69, 9.17) is 4.74 Å². The highest BCUT2D eigenvalue weighted by Gasteiger charge is 2.35. The van der Waals surface area contributed by atoms with Gasteiger partial charge in [-0.1, -0.05) is 12.1 Å². The first-order valence-electron chi connectivity index (χ1n) is 10.6. The Balaban J connectivity index is 1.30. The van der Waals surface area contributed by atoms with Crippen LogP contribution in [-0.4, -0.2) is 48.2 Å². The highest BCUT2D eigenvalue weighted by atomic mass is 32.2. The van der Waals surface area contributed by atoms with Crippen LogP contribution in [-0.2, 0) is 26.2 Å². The molecule has 3 aromatic rings. The van der Waals surface area contributed by atoms with Gasteiger partial charge in [0.2, 0.25) is 0 Å². The Bertz CT molecular complexity index is 1470. The lowest BCUT2D eigenvalue weighted by Crippen LogP contribution is -2.42. The summed E-state index contributed by atoms with van der Waals surface area (Å²) in [5.74, 6) is -0.160. The highest BCUT2D eigenvalue weighted by molar-refractivity contribution is 7.90. The fraction of sp³-hybridized carbons (Fsp3) is 0.364. The van der Waals surface area contributed by atoms with Gasteiger partial charge in [-0.3, -0.25) is 9.59 Å². The van der Waals surface area contributed by atoms with Gasteiger partial charge in [-0.15, -0.1) is 15.7 Å². The van der Waals surface area contributed by atoms with Crippen molar-refractivity contribution < 1.29 is 17.9 Å². The molecule has 0 aliphatic carbocycles. The van der Waals surface area contributed by atoms with Crippen molar-refractivity contribution in [3.05, 3.63) is 56.4 Å². The number of aromatic nitrogens is 2. The van der Waals surface area contributed by atoms with E-state index in [0.717, 1.165) is 10.4 Å². The van der Waals surface area contributed by atoms with E-state index < -0.39 is 21.9 Å². The number of thiophene rings is 1. The smallest absolute Gasteiger partial charge is 0.311 e. The Morgan fingerprint density at radius 2 is 2.09 bits per heavy atom. The van der Waals surface area contributed by atoms with Crippen molar-refractivity contribution in [2.24, 2.45) is 10.3 Å². The molecule has 33 heavy (non-hydrogen) atoms. The fourth-order valence-corrected chi connectivity index (χ4v) is 6.58. The maximum atomic E-state index is 12.8.